The van der Waals surface area contributed by atoms with Crippen LogP contribution in [-0.4, -0.2) is 17.9 Å². The lowest BCUT2D eigenvalue weighted by atomic mass is 10.00. The zero-order valence-electron chi connectivity index (χ0n) is 12.1. The zero-order chi connectivity index (χ0) is 16.8. The Morgan fingerprint density at radius 3 is 2.43 bits per heavy atom. The van der Waals surface area contributed by atoms with Gasteiger partial charge in [-0.1, -0.05) is 18.2 Å². The molecular formula is C17H14FN3O2. The summed E-state index contributed by atoms with van der Waals surface area (Å²) in [4.78, 5) is 23.7. The van der Waals surface area contributed by atoms with Crippen molar-refractivity contribution in [1.82, 2.24) is 5.32 Å². The Labute approximate surface area is 132 Å². The summed E-state index contributed by atoms with van der Waals surface area (Å²) in [6.45, 7) is 0. The van der Waals surface area contributed by atoms with E-state index in [2.05, 4.69) is 5.32 Å². The SMILES string of the molecule is N#Cc1ccccc1C[C@H](NC(=O)c1ccc(F)cc1)C(N)=O. The number of nitrogens with two attached hydrogens (primary N) is 1. The van der Waals surface area contributed by atoms with Gasteiger partial charge in [-0.25, -0.2) is 4.39 Å². The van der Waals surface area contributed by atoms with Gasteiger partial charge >= 0.3 is 0 Å². The van der Waals surface area contributed by atoms with E-state index in [0.717, 1.165) is 12.1 Å². The number of rotatable bonds is 5. The lowest BCUT2D eigenvalue weighted by Crippen LogP contribution is -2.46. The standard InChI is InChI=1S/C17H14FN3O2/c18-14-7-5-11(6-8-14)17(23)21-15(16(20)22)9-12-3-1-2-4-13(12)10-19/h1-8,15H,9H2,(H2,20,22)(H,21,23)/t15-/m0/s1. The predicted molar refractivity (Wildman–Crippen MR) is 81.7 cm³/mol. The van der Waals surface area contributed by atoms with Gasteiger partial charge in [-0.15, -0.1) is 0 Å². The second-order valence-corrected chi connectivity index (χ2v) is 4.91. The molecule has 3 N–H and O–H groups in total. The van der Waals surface area contributed by atoms with Crippen LogP contribution in [0.25, 0.3) is 0 Å². The number of halogens is 1. The molecule has 0 aliphatic heterocycles. The third kappa shape index (κ3) is 4.14. The summed E-state index contributed by atoms with van der Waals surface area (Å²) in [6.07, 6.45) is 0.103. The van der Waals surface area contributed by atoms with E-state index in [1.165, 1.54) is 12.1 Å². The van der Waals surface area contributed by atoms with Crippen molar-refractivity contribution in [3.63, 3.8) is 0 Å². The molecule has 2 amide bonds. The monoisotopic (exact) mass is 311 g/mol. The van der Waals surface area contributed by atoms with Crippen LogP contribution in [0.3, 0.4) is 0 Å². The van der Waals surface area contributed by atoms with Crippen molar-refractivity contribution >= 4 is 11.8 Å². The first-order chi connectivity index (χ1) is 11.0. The third-order valence-corrected chi connectivity index (χ3v) is 3.32. The highest BCUT2D eigenvalue weighted by Crippen LogP contribution is 2.11. The van der Waals surface area contributed by atoms with Crippen molar-refractivity contribution in [3.05, 3.63) is 71.0 Å². The average molecular weight is 311 g/mol. The van der Waals surface area contributed by atoms with Crippen LogP contribution in [0.15, 0.2) is 48.5 Å². The van der Waals surface area contributed by atoms with E-state index < -0.39 is 23.7 Å². The van der Waals surface area contributed by atoms with Gasteiger partial charge in [0.15, 0.2) is 0 Å². The number of hydrogen-bond donors (Lipinski definition) is 2. The Morgan fingerprint density at radius 1 is 1.17 bits per heavy atom. The normalized spacial score (nSPS) is 11.3. The molecule has 0 aliphatic rings. The fourth-order valence-corrected chi connectivity index (χ4v) is 2.09. The van der Waals surface area contributed by atoms with Crippen molar-refractivity contribution in [3.8, 4) is 6.07 Å². The smallest absolute Gasteiger partial charge is 0.251 e. The van der Waals surface area contributed by atoms with Crippen molar-refractivity contribution in [1.29, 1.82) is 5.26 Å². The number of benzene rings is 2. The quantitative estimate of drug-likeness (QED) is 0.876. The van der Waals surface area contributed by atoms with Crippen LogP contribution in [0.1, 0.15) is 21.5 Å². The molecule has 23 heavy (non-hydrogen) atoms. The Morgan fingerprint density at radius 2 is 1.83 bits per heavy atom. The third-order valence-electron chi connectivity index (χ3n) is 3.32. The van der Waals surface area contributed by atoms with Gasteiger partial charge in [0.05, 0.1) is 11.6 Å². The van der Waals surface area contributed by atoms with Crippen LogP contribution in [0, 0.1) is 17.1 Å². The van der Waals surface area contributed by atoms with E-state index in [1.54, 1.807) is 24.3 Å². The van der Waals surface area contributed by atoms with E-state index >= 15 is 0 Å². The summed E-state index contributed by atoms with van der Waals surface area (Å²) in [6, 6.07) is 12.7. The highest BCUT2D eigenvalue weighted by atomic mass is 19.1. The number of carbonyl (C=O) groups excluding carboxylic acids is 2. The second kappa shape index (κ2) is 7.18. The van der Waals surface area contributed by atoms with E-state index in [0.29, 0.717) is 11.1 Å². The van der Waals surface area contributed by atoms with E-state index in [-0.39, 0.29) is 12.0 Å². The van der Waals surface area contributed by atoms with Crippen LogP contribution in [0.4, 0.5) is 4.39 Å². The number of hydrogen-bond acceptors (Lipinski definition) is 3. The number of carbonyl (C=O) groups is 2. The molecule has 1 atom stereocenters. The number of nitrogens with zero attached hydrogens (tertiary/aromatic N) is 1. The van der Waals surface area contributed by atoms with Gasteiger partial charge in [-0.05, 0) is 35.9 Å². The van der Waals surface area contributed by atoms with Gasteiger partial charge in [-0.2, -0.15) is 5.26 Å². The van der Waals surface area contributed by atoms with Crippen LogP contribution in [0.5, 0.6) is 0 Å². The molecule has 0 radical (unpaired) electrons. The van der Waals surface area contributed by atoms with Gasteiger partial charge in [0, 0.05) is 12.0 Å². The number of nitrogens with one attached hydrogen (secondary N) is 1. The van der Waals surface area contributed by atoms with Gasteiger partial charge in [0.1, 0.15) is 11.9 Å². The van der Waals surface area contributed by atoms with Gasteiger partial charge < -0.3 is 11.1 Å². The van der Waals surface area contributed by atoms with Crippen LogP contribution >= 0.6 is 0 Å². The molecule has 0 aromatic heterocycles. The topological polar surface area (TPSA) is 96.0 Å². The molecule has 0 saturated carbocycles. The lowest BCUT2D eigenvalue weighted by Gasteiger charge is -2.16. The van der Waals surface area contributed by atoms with E-state index in [9.17, 15) is 14.0 Å². The molecule has 0 bridgehead atoms. The maximum Gasteiger partial charge on any atom is 0.251 e. The molecule has 116 valence electrons. The predicted octanol–water partition coefficient (Wildman–Crippen LogP) is 1.52. The summed E-state index contributed by atoms with van der Waals surface area (Å²) in [5.41, 5.74) is 6.57. The maximum atomic E-state index is 12.9. The summed E-state index contributed by atoms with van der Waals surface area (Å²) in [5.74, 6) is -1.72. The zero-order valence-corrected chi connectivity index (χ0v) is 12.1. The first kappa shape index (κ1) is 16.2. The van der Waals surface area contributed by atoms with E-state index in [4.69, 9.17) is 11.0 Å². The average Bonchev–Trinajstić information content (AvgIpc) is 2.55. The summed E-state index contributed by atoms with van der Waals surface area (Å²) < 4.78 is 12.9. The number of nitriles is 1. The Balaban J connectivity index is 2.16. The van der Waals surface area contributed by atoms with Crippen molar-refractivity contribution in [2.45, 2.75) is 12.5 Å². The molecule has 5 nitrogen and oxygen atoms in total. The lowest BCUT2D eigenvalue weighted by molar-refractivity contribution is -0.119. The van der Waals surface area contributed by atoms with Crippen molar-refractivity contribution in [2.24, 2.45) is 5.73 Å². The summed E-state index contributed by atoms with van der Waals surface area (Å²) >= 11 is 0. The van der Waals surface area contributed by atoms with Gasteiger partial charge in [-0.3, -0.25) is 9.59 Å². The van der Waals surface area contributed by atoms with Crippen LogP contribution in [-0.2, 0) is 11.2 Å². The molecule has 2 aromatic rings. The largest absolute Gasteiger partial charge is 0.368 e. The second-order valence-electron chi connectivity index (χ2n) is 4.91. The molecular weight excluding hydrogens is 297 g/mol. The molecule has 6 heteroatoms. The van der Waals surface area contributed by atoms with Crippen molar-refractivity contribution in [2.75, 3.05) is 0 Å². The fourth-order valence-electron chi connectivity index (χ4n) is 2.09. The Hall–Kier alpha value is -3.20. The summed E-state index contributed by atoms with van der Waals surface area (Å²) in [5, 5.41) is 11.6. The van der Waals surface area contributed by atoms with Crippen LogP contribution < -0.4 is 11.1 Å². The first-order valence-electron chi connectivity index (χ1n) is 6.85. The van der Waals surface area contributed by atoms with Crippen LogP contribution in [0.2, 0.25) is 0 Å². The molecule has 0 fully saturated rings. The highest BCUT2D eigenvalue weighted by molar-refractivity contribution is 5.97. The minimum atomic E-state index is -0.970. The summed E-state index contributed by atoms with van der Waals surface area (Å²) in [7, 11) is 0. The first-order valence-corrected chi connectivity index (χ1v) is 6.85. The van der Waals surface area contributed by atoms with Gasteiger partial charge in [0.2, 0.25) is 5.91 Å². The molecule has 0 aliphatic carbocycles. The molecule has 0 spiro atoms. The van der Waals surface area contributed by atoms with Gasteiger partial charge in [0.25, 0.3) is 5.91 Å². The minimum absolute atomic E-state index is 0.103. The molecule has 2 rings (SSSR count). The number of amides is 2. The highest BCUT2D eigenvalue weighted by Gasteiger charge is 2.20. The fraction of sp³-hybridized carbons (Fsp3) is 0.118. The molecule has 0 saturated heterocycles. The Kier molecular flexibility index (Phi) is 5.05. The minimum Gasteiger partial charge on any atom is -0.368 e. The Bertz CT molecular complexity index is 766. The molecule has 2 aromatic carbocycles. The van der Waals surface area contributed by atoms with E-state index in [1.807, 2.05) is 6.07 Å². The number of primary amides is 1. The van der Waals surface area contributed by atoms with Crippen molar-refractivity contribution < 1.29 is 14.0 Å². The molecule has 0 heterocycles. The maximum absolute atomic E-state index is 12.9. The molecule has 0 unspecified atom stereocenters.